The van der Waals surface area contributed by atoms with Crippen molar-refractivity contribution in [2.75, 3.05) is 0 Å². The summed E-state index contributed by atoms with van der Waals surface area (Å²) in [5, 5.41) is 9.48. The molecule has 4 rings (SSSR count). The highest BCUT2D eigenvalue weighted by Crippen LogP contribution is 2.43. The normalized spacial score (nSPS) is 22.3. The van der Waals surface area contributed by atoms with Crippen molar-refractivity contribution in [3.05, 3.63) is 52.2 Å². The molecule has 2 aromatic carbocycles. The highest BCUT2D eigenvalue weighted by Gasteiger charge is 2.54. The lowest BCUT2D eigenvalue weighted by Gasteiger charge is -2.34. The molecule has 1 aromatic heterocycles. The largest absolute Gasteiger partial charge is 0.480 e. The Hall–Kier alpha value is -2.78. The van der Waals surface area contributed by atoms with Crippen LogP contribution in [0.4, 0.5) is 4.48 Å². The summed E-state index contributed by atoms with van der Waals surface area (Å²) in [6.45, 7) is 0.916. The van der Waals surface area contributed by atoms with Crippen LogP contribution in [0.1, 0.15) is 12.5 Å². The molecule has 0 radical (unpaired) electrons. The van der Waals surface area contributed by atoms with Gasteiger partial charge < -0.3 is 9.52 Å². The van der Waals surface area contributed by atoms with Crippen molar-refractivity contribution in [3.8, 4) is 0 Å². The fraction of sp³-hybridized carbons (Fsp3) is 0.125. The van der Waals surface area contributed by atoms with E-state index in [4.69, 9.17) is 4.42 Å². The molecule has 0 fully saturated rings. The van der Waals surface area contributed by atoms with E-state index in [9.17, 15) is 27.6 Å². The Morgan fingerprint density at radius 3 is 2.60 bits per heavy atom. The number of benzene rings is 2. The highest BCUT2D eigenvalue weighted by molar-refractivity contribution is 7.89. The minimum atomic E-state index is -4.81. The average molecular weight is 363 g/mol. The van der Waals surface area contributed by atoms with Gasteiger partial charge in [0.15, 0.2) is 11.1 Å². The van der Waals surface area contributed by atoms with E-state index in [1.54, 1.807) is 12.1 Å². The number of sulfonamides is 1. The molecule has 7 nitrogen and oxygen atoms in total. The van der Waals surface area contributed by atoms with Gasteiger partial charge >= 0.3 is 5.97 Å². The van der Waals surface area contributed by atoms with Crippen molar-refractivity contribution in [2.24, 2.45) is 0 Å². The molecule has 9 heteroatoms. The monoisotopic (exact) mass is 363 g/mol. The zero-order valence-electron chi connectivity index (χ0n) is 12.7. The Kier molecular flexibility index (Phi) is 2.92. The van der Waals surface area contributed by atoms with Crippen molar-refractivity contribution in [1.29, 1.82) is 0 Å². The van der Waals surface area contributed by atoms with Gasteiger partial charge in [0.25, 0.3) is 10.0 Å². The predicted octanol–water partition coefficient (Wildman–Crippen LogP) is 2.13. The zero-order valence-corrected chi connectivity index (χ0v) is 13.5. The third-order valence-corrected chi connectivity index (χ3v) is 6.11. The molecule has 1 N–H and O–H groups in total. The van der Waals surface area contributed by atoms with Crippen LogP contribution in [0, 0.1) is 0 Å². The van der Waals surface area contributed by atoms with Crippen LogP contribution in [0.15, 0.2) is 50.5 Å². The maximum absolute atomic E-state index is 14.6. The van der Waals surface area contributed by atoms with Gasteiger partial charge in [-0.25, -0.2) is 13.2 Å². The number of nitrogens with zero attached hydrogens (tertiary/aromatic N) is 1. The maximum atomic E-state index is 14.6. The molecule has 0 saturated carbocycles. The van der Waals surface area contributed by atoms with Crippen molar-refractivity contribution in [3.63, 3.8) is 0 Å². The van der Waals surface area contributed by atoms with Crippen LogP contribution >= 0.6 is 0 Å². The fourth-order valence-corrected chi connectivity index (χ4v) is 4.47. The van der Waals surface area contributed by atoms with Crippen molar-refractivity contribution in [2.45, 2.75) is 17.4 Å². The number of carbonyl (C=O) groups is 1. The summed E-state index contributed by atoms with van der Waals surface area (Å²) in [7, 11) is -4.81. The van der Waals surface area contributed by atoms with Crippen LogP contribution in [0.25, 0.3) is 21.9 Å². The van der Waals surface area contributed by atoms with E-state index in [2.05, 4.69) is 0 Å². The van der Waals surface area contributed by atoms with Gasteiger partial charge in [-0.05, 0) is 41.3 Å². The second kappa shape index (κ2) is 4.64. The number of rotatable bonds is 1. The van der Waals surface area contributed by atoms with Crippen LogP contribution in [-0.2, 0) is 20.4 Å². The minimum Gasteiger partial charge on any atom is -0.480 e. The van der Waals surface area contributed by atoms with Gasteiger partial charge in [-0.2, -0.15) is 0 Å². The van der Waals surface area contributed by atoms with Crippen LogP contribution in [0.2, 0.25) is 0 Å². The summed E-state index contributed by atoms with van der Waals surface area (Å²) < 4.78 is 44.3. The number of halogens is 1. The summed E-state index contributed by atoms with van der Waals surface area (Å²) in [5.74, 6) is -1.70. The number of carboxylic acid groups (broad SMARTS) is 1. The van der Waals surface area contributed by atoms with Crippen molar-refractivity contribution < 1.29 is 27.2 Å². The Labute approximate surface area is 139 Å². The van der Waals surface area contributed by atoms with Gasteiger partial charge in [-0.1, -0.05) is 12.1 Å². The van der Waals surface area contributed by atoms with E-state index in [-0.39, 0.29) is 27.5 Å². The van der Waals surface area contributed by atoms with E-state index >= 15 is 0 Å². The Morgan fingerprint density at radius 1 is 1.24 bits per heavy atom. The number of aliphatic carboxylic acids is 1. The van der Waals surface area contributed by atoms with E-state index in [0.717, 1.165) is 19.1 Å². The third kappa shape index (κ3) is 1.79. The van der Waals surface area contributed by atoms with Gasteiger partial charge in [0.05, 0.1) is 10.8 Å². The number of carboxylic acids is 1. The van der Waals surface area contributed by atoms with E-state index < -0.39 is 36.4 Å². The molecule has 0 amide bonds. The lowest BCUT2D eigenvalue weighted by molar-refractivity contribution is -0.155. The molecule has 1 atom stereocenters. The molecule has 0 saturated heterocycles. The first-order valence-electron chi connectivity index (χ1n) is 7.13. The van der Waals surface area contributed by atoms with Crippen LogP contribution in [-0.4, -0.2) is 24.0 Å². The van der Waals surface area contributed by atoms with Crippen molar-refractivity contribution >= 4 is 37.9 Å². The first-order valence-corrected chi connectivity index (χ1v) is 8.57. The minimum absolute atomic E-state index is 0.115. The molecule has 1 aliphatic heterocycles. The van der Waals surface area contributed by atoms with Gasteiger partial charge in [0, 0.05) is 0 Å². The van der Waals surface area contributed by atoms with Gasteiger partial charge in [0.1, 0.15) is 10.5 Å². The van der Waals surface area contributed by atoms with Gasteiger partial charge in [-0.3, -0.25) is 4.79 Å². The van der Waals surface area contributed by atoms with Gasteiger partial charge in [0.2, 0.25) is 5.43 Å². The first kappa shape index (κ1) is 15.7. The summed E-state index contributed by atoms with van der Waals surface area (Å²) in [6, 6.07) is 8.40. The number of hydrogen-bond donors (Lipinski definition) is 1. The lowest BCUT2D eigenvalue weighted by Crippen LogP contribution is -2.50. The summed E-state index contributed by atoms with van der Waals surface area (Å²) in [5.41, 5.74) is -3.31. The summed E-state index contributed by atoms with van der Waals surface area (Å²) in [6.07, 6.45) is 0. The molecule has 2 heterocycles. The number of fused-ring (bicyclic) bond motifs is 5. The van der Waals surface area contributed by atoms with E-state index in [0.29, 0.717) is 0 Å². The quantitative estimate of drug-likeness (QED) is 0.525. The molecule has 2 bridgehead atoms. The highest BCUT2D eigenvalue weighted by atomic mass is 32.2. The average Bonchev–Trinajstić information content (AvgIpc) is 2.58. The van der Waals surface area contributed by atoms with E-state index in [1.165, 1.54) is 12.1 Å². The second-order valence-corrected chi connectivity index (χ2v) is 7.59. The first-order chi connectivity index (χ1) is 11.7. The smallest absolute Gasteiger partial charge is 0.332 e. The lowest BCUT2D eigenvalue weighted by atomic mass is 9.91. The second-order valence-electron chi connectivity index (χ2n) is 5.88. The predicted molar refractivity (Wildman–Crippen MR) is 85.1 cm³/mol. The summed E-state index contributed by atoms with van der Waals surface area (Å²) in [4.78, 5) is 23.7. The molecule has 0 aliphatic carbocycles. The number of hydrogen-bond acceptors (Lipinski definition) is 5. The molecular weight excluding hydrogens is 353 g/mol. The molecular formula is C16H10FNO6S. The molecule has 128 valence electrons. The molecule has 1 aliphatic rings. The standard InChI is InChI=1S/C16H10FNO6S/c1-16(15(20)21)8-6-10-13(19)9-4-2-3-5-11(9)24-14(10)12(7-8)25(22,23)18(16)17/h2-7H,1H3,(H,20,21). The Balaban J connectivity index is 2.28. The SMILES string of the molecule is CC1(C(=O)O)c2cc(c3oc4ccccc4c(=O)c3c2)S(=O)(=O)N1F. The Morgan fingerprint density at radius 2 is 1.92 bits per heavy atom. The van der Waals surface area contributed by atoms with E-state index in [1.807, 2.05) is 0 Å². The van der Waals surface area contributed by atoms with Crippen molar-refractivity contribution in [1.82, 2.24) is 4.53 Å². The summed E-state index contributed by atoms with van der Waals surface area (Å²) >= 11 is 0. The Bertz CT molecular complexity index is 1250. The fourth-order valence-electron chi connectivity index (χ4n) is 2.97. The zero-order chi connectivity index (χ0) is 18.1. The maximum Gasteiger partial charge on any atom is 0.332 e. The topological polar surface area (TPSA) is 105 Å². The molecule has 0 spiro atoms. The number of para-hydroxylation sites is 1. The molecule has 3 aromatic rings. The molecule has 1 unspecified atom stereocenters. The van der Waals surface area contributed by atoms with Crippen LogP contribution in [0.3, 0.4) is 0 Å². The van der Waals surface area contributed by atoms with Gasteiger partial charge in [-0.15, -0.1) is 4.48 Å². The van der Waals surface area contributed by atoms with Crippen LogP contribution in [0.5, 0.6) is 0 Å². The van der Waals surface area contributed by atoms with Crippen LogP contribution < -0.4 is 5.43 Å². The third-order valence-electron chi connectivity index (χ3n) is 4.46. The molecule has 25 heavy (non-hydrogen) atoms.